The number of rotatable bonds is 2. The Labute approximate surface area is 110 Å². The molecule has 17 heavy (non-hydrogen) atoms. The van der Waals surface area contributed by atoms with E-state index >= 15 is 0 Å². The third-order valence-corrected chi connectivity index (χ3v) is 4.89. The molecule has 2 N–H and O–H groups in total. The summed E-state index contributed by atoms with van der Waals surface area (Å²) in [5.74, 6) is 0. The van der Waals surface area contributed by atoms with E-state index < -0.39 is 0 Å². The Kier molecular flexibility index (Phi) is 2.56. The quantitative estimate of drug-likeness (QED) is 0.904. The van der Waals surface area contributed by atoms with Crippen molar-refractivity contribution in [2.45, 2.75) is 24.7 Å². The predicted octanol–water partition coefficient (Wildman–Crippen LogP) is 3.32. The van der Waals surface area contributed by atoms with Crippen LogP contribution in [0.1, 0.15) is 24.8 Å². The Morgan fingerprint density at radius 3 is 2.76 bits per heavy atom. The number of aryl methyl sites for hydroxylation is 1. The molecule has 2 aromatic rings. The minimum Gasteiger partial charge on any atom is -0.349 e. The van der Waals surface area contributed by atoms with Crippen LogP contribution in [-0.2, 0) is 12.5 Å². The maximum absolute atomic E-state index is 5.97. The maximum atomic E-state index is 5.97. The first-order valence-electron chi connectivity index (χ1n) is 6.11. The number of halogens is 1. The number of benzene rings is 1. The van der Waals surface area contributed by atoms with Crippen LogP contribution >= 0.6 is 15.9 Å². The van der Waals surface area contributed by atoms with E-state index in [1.807, 2.05) is 0 Å². The third kappa shape index (κ3) is 1.56. The number of nitrogens with zero attached hydrogens (tertiary/aromatic N) is 1. The number of aromatic nitrogens is 1. The average Bonchev–Trinajstić information content (AvgIpc) is 2.54. The van der Waals surface area contributed by atoms with Gasteiger partial charge in [0.2, 0.25) is 0 Å². The first kappa shape index (κ1) is 11.3. The Hall–Kier alpha value is -0.800. The lowest BCUT2D eigenvalue weighted by Gasteiger charge is -2.41. The number of fused-ring (bicyclic) bond motifs is 1. The summed E-state index contributed by atoms with van der Waals surface area (Å²) in [6.45, 7) is 0.767. The molecule has 1 saturated carbocycles. The first-order valence-corrected chi connectivity index (χ1v) is 6.91. The number of nitrogens with two attached hydrogens (primary N) is 1. The second-order valence-corrected chi connectivity index (χ2v) is 6.01. The molecule has 0 aliphatic heterocycles. The van der Waals surface area contributed by atoms with E-state index in [1.165, 1.54) is 40.2 Å². The van der Waals surface area contributed by atoms with Crippen LogP contribution in [0.3, 0.4) is 0 Å². The summed E-state index contributed by atoms with van der Waals surface area (Å²) in [5.41, 5.74) is 8.90. The van der Waals surface area contributed by atoms with E-state index in [4.69, 9.17) is 5.73 Å². The standard InChI is InChI=1S/C14H17BrN2/c1-17-8-12(15)11-7-10(3-4-13(11)17)14(9-16)5-2-6-14/h3-4,7-8H,2,5-6,9,16H2,1H3. The highest BCUT2D eigenvalue weighted by Gasteiger charge is 2.37. The summed E-state index contributed by atoms with van der Waals surface area (Å²) in [5, 5.41) is 1.30. The Morgan fingerprint density at radius 2 is 2.18 bits per heavy atom. The highest BCUT2D eigenvalue weighted by atomic mass is 79.9. The molecule has 1 aliphatic rings. The van der Waals surface area contributed by atoms with Crippen molar-refractivity contribution in [3.05, 3.63) is 34.4 Å². The van der Waals surface area contributed by atoms with Gasteiger partial charge in [-0.3, -0.25) is 0 Å². The molecule has 0 unspecified atom stereocenters. The molecule has 0 spiro atoms. The summed E-state index contributed by atoms with van der Waals surface area (Å²) in [4.78, 5) is 0. The lowest BCUT2D eigenvalue weighted by Crippen LogP contribution is -2.41. The molecule has 1 aliphatic carbocycles. The van der Waals surface area contributed by atoms with Gasteiger partial charge in [0.05, 0.1) is 0 Å². The van der Waals surface area contributed by atoms with E-state index in [0.29, 0.717) is 0 Å². The van der Waals surface area contributed by atoms with Crippen molar-refractivity contribution in [2.75, 3.05) is 6.54 Å². The van der Waals surface area contributed by atoms with Gasteiger partial charge in [0, 0.05) is 40.6 Å². The minimum absolute atomic E-state index is 0.253. The van der Waals surface area contributed by atoms with Crippen LogP contribution in [0.25, 0.3) is 10.9 Å². The van der Waals surface area contributed by atoms with Gasteiger partial charge in [-0.2, -0.15) is 0 Å². The Morgan fingerprint density at radius 1 is 1.41 bits per heavy atom. The summed E-state index contributed by atoms with van der Waals surface area (Å²) in [6, 6.07) is 6.78. The van der Waals surface area contributed by atoms with E-state index in [9.17, 15) is 0 Å². The van der Waals surface area contributed by atoms with Gasteiger partial charge in [-0.15, -0.1) is 0 Å². The SMILES string of the molecule is Cn1cc(Br)c2cc(C3(CN)CCC3)ccc21. The van der Waals surface area contributed by atoms with Crippen molar-refractivity contribution in [3.8, 4) is 0 Å². The van der Waals surface area contributed by atoms with Crippen LogP contribution in [0.15, 0.2) is 28.9 Å². The zero-order valence-electron chi connectivity index (χ0n) is 10.0. The van der Waals surface area contributed by atoms with Crippen LogP contribution in [0.2, 0.25) is 0 Å². The molecular formula is C14H17BrN2. The largest absolute Gasteiger partial charge is 0.349 e. The number of hydrogen-bond acceptors (Lipinski definition) is 1. The minimum atomic E-state index is 0.253. The average molecular weight is 293 g/mol. The summed E-state index contributed by atoms with van der Waals surface area (Å²) in [7, 11) is 2.08. The van der Waals surface area contributed by atoms with Gasteiger partial charge in [-0.1, -0.05) is 12.5 Å². The highest BCUT2D eigenvalue weighted by molar-refractivity contribution is 9.10. The van der Waals surface area contributed by atoms with Crippen LogP contribution in [0.4, 0.5) is 0 Å². The molecule has 0 radical (unpaired) electrons. The lowest BCUT2D eigenvalue weighted by atomic mass is 9.64. The summed E-state index contributed by atoms with van der Waals surface area (Å²) in [6.07, 6.45) is 5.90. The molecule has 1 heterocycles. The molecule has 1 aromatic carbocycles. The fraction of sp³-hybridized carbons (Fsp3) is 0.429. The normalized spacial score (nSPS) is 18.3. The first-order chi connectivity index (χ1) is 8.16. The molecule has 1 fully saturated rings. The molecule has 90 valence electrons. The monoisotopic (exact) mass is 292 g/mol. The van der Waals surface area contributed by atoms with Gasteiger partial charge in [0.25, 0.3) is 0 Å². The topological polar surface area (TPSA) is 30.9 Å². The molecule has 1 aromatic heterocycles. The van der Waals surface area contributed by atoms with Crippen LogP contribution in [0, 0.1) is 0 Å². The Balaban J connectivity index is 2.16. The number of hydrogen-bond donors (Lipinski definition) is 1. The third-order valence-electron chi connectivity index (χ3n) is 4.25. The van der Waals surface area contributed by atoms with E-state index in [0.717, 1.165) is 6.54 Å². The van der Waals surface area contributed by atoms with Crippen LogP contribution in [0.5, 0.6) is 0 Å². The van der Waals surface area contributed by atoms with E-state index in [1.54, 1.807) is 0 Å². The molecular weight excluding hydrogens is 276 g/mol. The fourth-order valence-electron chi connectivity index (χ4n) is 2.89. The van der Waals surface area contributed by atoms with E-state index in [2.05, 4.69) is 51.9 Å². The maximum Gasteiger partial charge on any atom is 0.0489 e. The predicted molar refractivity (Wildman–Crippen MR) is 75.2 cm³/mol. The Bertz CT molecular complexity index is 561. The highest BCUT2D eigenvalue weighted by Crippen LogP contribution is 2.44. The zero-order chi connectivity index (χ0) is 12.0. The zero-order valence-corrected chi connectivity index (χ0v) is 11.6. The van der Waals surface area contributed by atoms with Crippen LogP contribution in [-0.4, -0.2) is 11.1 Å². The van der Waals surface area contributed by atoms with Crippen molar-refractivity contribution in [1.82, 2.24) is 4.57 Å². The van der Waals surface area contributed by atoms with Crippen molar-refractivity contribution < 1.29 is 0 Å². The van der Waals surface area contributed by atoms with Gasteiger partial charge in [-0.05, 0) is 46.5 Å². The molecule has 0 amide bonds. The molecule has 3 heteroatoms. The van der Waals surface area contributed by atoms with Crippen molar-refractivity contribution in [3.63, 3.8) is 0 Å². The summed E-state index contributed by atoms with van der Waals surface area (Å²) >= 11 is 3.63. The van der Waals surface area contributed by atoms with Crippen molar-refractivity contribution in [2.24, 2.45) is 12.8 Å². The van der Waals surface area contributed by atoms with Gasteiger partial charge in [0.1, 0.15) is 0 Å². The van der Waals surface area contributed by atoms with Gasteiger partial charge in [0.15, 0.2) is 0 Å². The van der Waals surface area contributed by atoms with Crippen molar-refractivity contribution in [1.29, 1.82) is 0 Å². The van der Waals surface area contributed by atoms with Crippen LogP contribution < -0.4 is 5.73 Å². The molecule has 2 nitrogen and oxygen atoms in total. The molecule has 0 atom stereocenters. The molecule has 0 bridgehead atoms. The second-order valence-electron chi connectivity index (χ2n) is 5.16. The van der Waals surface area contributed by atoms with Crippen molar-refractivity contribution >= 4 is 26.8 Å². The second kappa shape index (κ2) is 3.85. The van der Waals surface area contributed by atoms with Gasteiger partial charge >= 0.3 is 0 Å². The molecule has 3 rings (SSSR count). The van der Waals surface area contributed by atoms with Gasteiger partial charge < -0.3 is 10.3 Å². The van der Waals surface area contributed by atoms with E-state index in [-0.39, 0.29) is 5.41 Å². The summed E-state index contributed by atoms with van der Waals surface area (Å²) < 4.78 is 3.32. The lowest BCUT2D eigenvalue weighted by molar-refractivity contribution is 0.253. The smallest absolute Gasteiger partial charge is 0.0489 e. The van der Waals surface area contributed by atoms with Gasteiger partial charge in [-0.25, -0.2) is 0 Å². The fourth-order valence-corrected chi connectivity index (χ4v) is 3.51. The molecule has 0 saturated heterocycles.